The number of nitrogens with zero attached hydrogens (tertiary/aromatic N) is 1. The number of halogens is 1. The van der Waals surface area contributed by atoms with E-state index in [1.807, 2.05) is 12.3 Å². The molecule has 0 spiro atoms. The Bertz CT molecular complexity index is 69.9. The SMILES string of the molecule is ClN1C=CCC1. The maximum absolute atomic E-state index is 5.46. The van der Waals surface area contributed by atoms with Gasteiger partial charge < -0.3 is 0 Å². The van der Waals surface area contributed by atoms with Gasteiger partial charge in [-0.2, -0.15) is 0 Å². The van der Waals surface area contributed by atoms with Crippen LogP contribution in [0.5, 0.6) is 0 Å². The summed E-state index contributed by atoms with van der Waals surface area (Å²) in [5, 5.41) is 0. The van der Waals surface area contributed by atoms with E-state index in [0.29, 0.717) is 0 Å². The van der Waals surface area contributed by atoms with Crippen molar-refractivity contribution in [2.24, 2.45) is 0 Å². The molecule has 0 amide bonds. The highest BCUT2D eigenvalue weighted by atomic mass is 35.5. The van der Waals surface area contributed by atoms with Crippen molar-refractivity contribution < 1.29 is 0 Å². The first kappa shape index (κ1) is 4.00. The van der Waals surface area contributed by atoms with Crippen molar-refractivity contribution in [1.29, 1.82) is 0 Å². The Morgan fingerprint density at radius 2 is 2.50 bits per heavy atom. The molecule has 0 atom stereocenters. The molecule has 1 aliphatic heterocycles. The largest absolute Gasteiger partial charge is 0.293 e. The van der Waals surface area contributed by atoms with Crippen LogP contribution in [0.2, 0.25) is 0 Å². The average molecular weight is 104 g/mol. The van der Waals surface area contributed by atoms with Gasteiger partial charge in [0.2, 0.25) is 0 Å². The van der Waals surface area contributed by atoms with E-state index in [-0.39, 0.29) is 0 Å². The van der Waals surface area contributed by atoms with Crippen molar-refractivity contribution in [3.05, 3.63) is 12.3 Å². The molecule has 0 fully saturated rings. The van der Waals surface area contributed by atoms with Crippen molar-refractivity contribution in [3.8, 4) is 0 Å². The zero-order valence-electron chi connectivity index (χ0n) is 3.39. The van der Waals surface area contributed by atoms with Gasteiger partial charge in [-0.25, -0.2) is 0 Å². The fourth-order valence-corrected chi connectivity index (χ4v) is 0.639. The number of hydrogen-bond donors (Lipinski definition) is 0. The number of rotatable bonds is 0. The lowest BCUT2D eigenvalue weighted by molar-refractivity contribution is 0.652. The van der Waals surface area contributed by atoms with E-state index in [1.165, 1.54) is 0 Å². The molecule has 0 aromatic heterocycles. The summed E-state index contributed by atoms with van der Waals surface area (Å²) >= 11 is 5.46. The lowest BCUT2D eigenvalue weighted by atomic mass is 10.5. The molecule has 0 radical (unpaired) electrons. The normalized spacial score (nSPS) is 19.8. The first-order chi connectivity index (χ1) is 2.89. The van der Waals surface area contributed by atoms with Crippen molar-refractivity contribution in [2.45, 2.75) is 6.42 Å². The van der Waals surface area contributed by atoms with Crippen molar-refractivity contribution in [1.82, 2.24) is 4.42 Å². The van der Waals surface area contributed by atoms with Gasteiger partial charge in [0.1, 0.15) is 0 Å². The predicted octanol–water partition coefficient (Wildman–Crippen LogP) is 1.36. The quantitative estimate of drug-likeness (QED) is 0.419. The van der Waals surface area contributed by atoms with E-state index in [9.17, 15) is 0 Å². The summed E-state index contributed by atoms with van der Waals surface area (Å²) in [5.41, 5.74) is 0. The summed E-state index contributed by atoms with van der Waals surface area (Å²) in [6, 6.07) is 0. The Hall–Kier alpha value is -0.170. The summed E-state index contributed by atoms with van der Waals surface area (Å²) in [6.45, 7) is 0.974. The molecular formula is C4H6ClN. The highest BCUT2D eigenvalue weighted by Crippen LogP contribution is 2.04. The van der Waals surface area contributed by atoms with Gasteiger partial charge in [-0.3, -0.25) is 4.42 Å². The predicted molar refractivity (Wildman–Crippen MR) is 26.3 cm³/mol. The molecule has 0 saturated heterocycles. The smallest absolute Gasteiger partial charge is 0.0377 e. The fraction of sp³-hybridized carbons (Fsp3) is 0.500. The molecule has 34 valence electrons. The molecular weight excluding hydrogens is 97.5 g/mol. The molecule has 0 N–H and O–H groups in total. The van der Waals surface area contributed by atoms with Crippen LogP contribution in [0.15, 0.2) is 12.3 Å². The fourth-order valence-electron chi connectivity index (χ4n) is 0.461. The zero-order chi connectivity index (χ0) is 4.41. The van der Waals surface area contributed by atoms with Gasteiger partial charge in [0.05, 0.1) is 0 Å². The Morgan fingerprint density at radius 1 is 1.67 bits per heavy atom. The monoisotopic (exact) mass is 103 g/mol. The molecule has 0 aromatic rings. The van der Waals surface area contributed by atoms with Gasteiger partial charge in [0, 0.05) is 24.5 Å². The third kappa shape index (κ3) is 0.658. The van der Waals surface area contributed by atoms with Gasteiger partial charge in [0.15, 0.2) is 0 Å². The Balaban J connectivity index is 2.38. The van der Waals surface area contributed by atoms with Crippen LogP contribution in [0.1, 0.15) is 6.42 Å². The van der Waals surface area contributed by atoms with E-state index in [4.69, 9.17) is 11.8 Å². The van der Waals surface area contributed by atoms with Crippen LogP contribution in [-0.2, 0) is 0 Å². The van der Waals surface area contributed by atoms with Crippen LogP contribution < -0.4 is 0 Å². The van der Waals surface area contributed by atoms with Crippen LogP contribution in [-0.4, -0.2) is 11.0 Å². The Kier molecular flexibility index (Phi) is 1.01. The summed E-state index contributed by atoms with van der Waals surface area (Å²) in [5.74, 6) is 0. The van der Waals surface area contributed by atoms with Crippen LogP contribution >= 0.6 is 11.8 Å². The second-order valence-corrected chi connectivity index (χ2v) is 1.73. The minimum Gasteiger partial charge on any atom is -0.293 e. The topological polar surface area (TPSA) is 3.24 Å². The van der Waals surface area contributed by atoms with Gasteiger partial charge in [-0.1, -0.05) is 6.08 Å². The second kappa shape index (κ2) is 1.52. The van der Waals surface area contributed by atoms with E-state index in [0.717, 1.165) is 13.0 Å². The zero-order valence-corrected chi connectivity index (χ0v) is 4.15. The summed E-state index contributed by atoms with van der Waals surface area (Å²) < 4.78 is 1.65. The molecule has 2 heteroatoms. The lowest BCUT2D eigenvalue weighted by Gasteiger charge is -1.97. The first-order valence-corrected chi connectivity index (χ1v) is 2.32. The molecule has 1 rings (SSSR count). The minimum atomic E-state index is 0.974. The standard InChI is InChI=1S/C4H6ClN/c5-6-3-1-2-4-6/h1,3H,2,4H2. The van der Waals surface area contributed by atoms with E-state index < -0.39 is 0 Å². The van der Waals surface area contributed by atoms with Crippen LogP contribution in [0.25, 0.3) is 0 Å². The summed E-state index contributed by atoms with van der Waals surface area (Å²) in [7, 11) is 0. The van der Waals surface area contributed by atoms with Gasteiger partial charge in [0.25, 0.3) is 0 Å². The highest BCUT2D eigenvalue weighted by Gasteiger charge is 1.95. The molecule has 0 saturated carbocycles. The molecule has 0 unspecified atom stereocenters. The van der Waals surface area contributed by atoms with E-state index in [2.05, 4.69) is 0 Å². The van der Waals surface area contributed by atoms with Crippen molar-refractivity contribution in [2.75, 3.05) is 6.54 Å². The van der Waals surface area contributed by atoms with Gasteiger partial charge in [-0.15, -0.1) is 0 Å². The molecule has 0 bridgehead atoms. The molecule has 0 aromatic carbocycles. The minimum absolute atomic E-state index is 0.974. The second-order valence-electron chi connectivity index (χ2n) is 1.30. The molecule has 1 nitrogen and oxygen atoms in total. The third-order valence-electron chi connectivity index (χ3n) is 0.777. The molecule has 1 aliphatic rings. The molecule has 0 aliphatic carbocycles. The average Bonchev–Trinajstić information content (AvgIpc) is 1.86. The van der Waals surface area contributed by atoms with Crippen LogP contribution in [0.4, 0.5) is 0 Å². The van der Waals surface area contributed by atoms with Crippen LogP contribution in [0, 0.1) is 0 Å². The van der Waals surface area contributed by atoms with Crippen molar-refractivity contribution >= 4 is 11.8 Å². The molecule has 6 heavy (non-hydrogen) atoms. The Labute approximate surface area is 42.3 Å². The maximum Gasteiger partial charge on any atom is 0.0377 e. The number of hydrogen-bond acceptors (Lipinski definition) is 1. The Morgan fingerprint density at radius 3 is 2.67 bits per heavy atom. The maximum atomic E-state index is 5.46. The first-order valence-electron chi connectivity index (χ1n) is 1.99. The van der Waals surface area contributed by atoms with E-state index in [1.54, 1.807) is 4.42 Å². The molecule has 1 heterocycles. The van der Waals surface area contributed by atoms with E-state index >= 15 is 0 Å². The highest BCUT2D eigenvalue weighted by molar-refractivity contribution is 6.14. The third-order valence-corrected chi connectivity index (χ3v) is 1.06. The van der Waals surface area contributed by atoms with Crippen LogP contribution in [0.3, 0.4) is 0 Å². The summed E-state index contributed by atoms with van der Waals surface area (Å²) in [4.78, 5) is 0. The summed E-state index contributed by atoms with van der Waals surface area (Å²) in [6.07, 6.45) is 5.03. The van der Waals surface area contributed by atoms with Gasteiger partial charge in [-0.05, 0) is 6.42 Å². The van der Waals surface area contributed by atoms with Gasteiger partial charge >= 0.3 is 0 Å². The van der Waals surface area contributed by atoms with Crippen molar-refractivity contribution in [3.63, 3.8) is 0 Å². The lowest BCUT2D eigenvalue weighted by Crippen LogP contribution is -1.95.